The molecule has 1 saturated heterocycles. The molecule has 23 heavy (non-hydrogen) atoms. The quantitative estimate of drug-likeness (QED) is 0.452. The predicted octanol–water partition coefficient (Wildman–Crippen LogP) is 3.69. The number of hydrogen-bond acceptors (Lipinski definition) is 3. The van der Waals surface area contributed by atoms with Crippen LogP contribution in [0.4, 0.5) is 0 Å². The van der Waals surface area contributed by atoms with Gasteiger partial charge in [0.25, 0.3) is 5.91 Å². The van der Waals surface area contributed by atoms with Gasteiger partial charge in [-0.15, -0.1) is 18.2 Å². The number of hydrogen-bond donors (Lipinski definition) is 0. The summed E-state index contributed by atoms with van der Waals surface area (Å²) in [5.74, 6) is 3.13. The Bertz CT molecular complexity index is 539. The average Bonchev–Trinajstić information content (AvgIpc) is 2.55. The molecule has 0 atom stereocenters. The molecule has 3 nitrogen and oxygen atoms in total. The molecule has 0 radical (unpaired) electrons. The van der Waals surface area contributed by atoms with Crippen LogP contribution in [0.15, 0.2) is 29.2 Å². The molecule has 1 heterocycles. The van der Waals surface area contributed by atoms with E-state index < -0.39 is 0 Å². The van der Waals surface area contributed by atoms with E-state index in [4.69, 9.17) is 11.2 Å². The minimum absolute atomic E-state index is 0.133. The second kappa shape index (κ2) is 9.00. The van der Waals surface area contributed by atoms with Gasteiger partial charge in [-0.05, 0) is 43.0 Å². The Balaban J connectivity index is 1.83. The molecule has 2 rings (SSSR count). The molecule has 124 valence electrons. The Hall–Kier alpha value is -1.44. The lowest BCUT2D eigenvalue weighted by atomic mass is 9.97. The third kappa shape index (κ3) is 5.60. The van der Waals surface area contributed by atoms with Gasteiger partial charge in [-0.3, -0.25) is 4.79 Å². The van der Waals surface area contributed by atoms with Gasteiger partial charge in [0, 0.05) is 28.8 Å². The molecule has 1 fully saturated rings. The normalized spacial score (nSPS) is 15.7. The summed E-state index contributed by atoms with van der Waals surface area (Å²) in [6.07, 6.45) is 7.15. The molecule has 0 bridgehead atoms. The third-order valence-electron chi connectivity index (χ3n) is 3.91. The van der Waals surface area contributed by atoms with Crippen molar-refractivity contribution in [2.24, 2.45) is 5.92 Å². The SMILES string of the molecule is C#CCOCC1CCN(C(=O)c2ccc(SC(C)C)cc2)CC1. The zero-order valence-corrected chi connectivity index (χ0v) is 14.8. The van der Waals surface area contributed by atoms with Gasteiger partial charge >= 0.3 is 0 Å². The number of terminal acetylenes is 1. The lowest BCUT2D eigenvalue weighted by Gasteiger charge is -2.31. The number of likely N-dealkylation sites (tertiary alicyclic amines) is 1. The van der Waals surface area contributed by atoms with E-state index in [0.717, 1.165) is 31.5 Å². The van der Waals surface area contributed by atoms with Gasteiger partial charge in [0.15, 0.2) is 0 Å². The van der Waals surface area contributed by atoms with E-state index in [1.54, 1.807) is 0 Å². The van der Waals surface area contributed by atoms with Gasteiger partial charge in [-0.1, -0.05) is 19.8 Å². The van der Waals surface area contributed by atoms with Gasteiger partial charge < -0.3 is 9.64 Å². The van der Waals surface area contributed by atoms with Crippen LogP contribution in [0.5, 0.6) is 0 Å². The van der Waals surface area contributed by atoms with E-state index in [-0.39, 0.29) is 5.91 Å². The Labute approximate surface area is 143 Å². The zero-order valence-electron chi connectivity index (χ0n) is 14.0. The molecule has 0 spiro atoms. The molecule has 1 aromatic carbocycles. The highest BCUT2D eigenvalue weighted by molar-refractivity contribution is 7.99. The van der Waals surface area contributed by atoms with Gasteiger partial charge in [0.2, 0.25) is 0 Å². The average molecular weight is 331 g/mol. The van der Waals surface area contributed by atoms with Crippen LogP contribution >= 0.6 is 11.8 Å². The first-order valence-electron chi connectivity index (χ1n) is 8.17. The minimum Gasteiger partial charge on any atom is -0.369 e. The Morgan fingerprint density at radius 1 is 1.35 bits per heavy atom. The topological polar surface area (TPSA) is 29.5 Å². The van der Waals surface area contributed by atoms with Crippen LogP contribution in [0.1, 0.15) is 37.0 Å². The van der Waals surface area contributed by atoms with E-state index >= 15 is 0 Å². The van der Waals surface area contributed by atoms with Gasteiger partial charge in [-0.25, -0.2) is 0 Å². The molecule has 0 N–H and O–H groups in total. The molecule has 1 aliphatic rings. The number of thioether (sulfide) groups is 1. The summed E-state index contributed by atoms with van der Waals surface area (Å²) < 4.78 is 5.41. The summed E-state index contributed by atoms with van der Waals surface area (Å²) in [5.41, 5.74) is 0.778. The van der Waals surface area contributed by atoms with E-state index in [2.05, 4.69) is 19.8 Å². The smallest absolute Gasteiger partial charge is 0.253 e. The van der Waals surface area contributed by atoms with Crippen molar-refractivity contribution in [1.82, 2.24) is 4.90 Å². The minimum atomic E-state index is 0.133. The van der Waals surface area contributed by atoms with Crippen LogP contribution in [0.2, 0.25) is 0 Å². The molecule has 0 aromatic heterocycles. The van der Waals surface area contributed by atoms with Crippen molar-refractivity contribution in [3.8, 4) is 12.3 Å². The first-order valence-corrected chi connectivity index (χ1v) is 9.05. The molecule has 0 unspecified atom stereocenters. The molecular weight excluding hydrogens is 306 g/mol. The lowest BCUT2D eigenvalue weighted by Crippen LogP contribution is -2.39. The maximum Gasteiger partial charge on any atom is 0.253 e. The van der Waals surface area contributed by atoms with Crippen molar-refractivity contribution < 1.29 is 9.53 Å². The fraction of sp³-hybridized carbons (Fsp3) is 0.526. The van der Waals surface area contributed by atoms with Crippen LogP contribution in [0.3, 0.4) is 0 Å². The molecular formula is C19H25NO2S. The monoisotopic (exact) mass is 331 g/mol. The highest BCUT2D eigenvalue weighted by atomic mass is 32.2. The van der Waals surface area contributed by atoms with Crippen molar-refractivity contribution in [2.75, 3.05) is 26.3 Å². The standard InChI is InChI=1S/C19H25NO2S/c1-4-13-22-14-16-9-11-20(12-10-16)19(21)17-5-7-18(8-6-17)23-15(2)3/h1,5-8,15-16H,9-14H2,2-3H3. The summed E-state index contributed by atoms with van der Waals surface area (Å²) in [6, 6.07) is 7.96. The Kier molecular flexibility index (Phi) is 7.01. The predicted molar refractivity (Wildman–Crippen MR) is 95.7 cm³/mol. The largest absolute Gasteiger partial charge is 0.369 e. The number of amides is 1. The van der Waals surface area contributed by atoms with Gasteiger partial charge in [0.1, 0.15) is 6.61 Å². The van der Waals surface area contributed by atoms with E-state index in [9.17, 15) is 4.79 Å². The lowest BCUT2D eigenvalue weighted by molar-refractivity contribution is 0.0582. The van der Waals surface area contributed by atoms with Crippen LogP contribution in [-0.4, -0.2) is 42.4 Å². The number of piperidine rings is 1. The summed E-state index contributed by atoms with van der Waals surface area (Å²) in [7, 11) is 0. The van der Waals surface area contributed by atoms with Crippen molar-refractivity contribution >= 4 is 17.7 Å². The van der Waals surface area contributed by atoms with Crippen LogP contribution in [-0.2, 0) is 4.74 Å². The van der Waals surface area contributed by atoms with Crippen molar-refractivity contribution in [2.45, 2.75) is 36.8 Å². The van der Waals surface area contributed by atoms with Gasteiger partial charge in [0.05, 0.1) is 6.61 Å². The van der Waals surface area contributed by atoms with Crippen molar-refractivity contribution in [3.63, 3.8) is 0 Å². The highest BCUT2D eigenvalue weighted by Gasteiger charge is 2.23. The Morgan fingerprint density at radius 3 is 2.57 bits per heavy atom. The highest BCUT2D eigenvalue weighted by Crippen LogP contribution is 2.24. The van der Waals surface area contributed by atoms with Crippen molar-refractivity contribution in [1.29, 1.82) is 0 Å². The third-order valence-corrected chi connectivity index (χ3v) is 4.93. The summed E-state index contributed by atoms with van der Waals surface area (Å²) in [6.45, 7) is 7.01. The summed E-state index contributed by atoms with van der Waals surface area (Å²) in [4.78, 5) is 15.7. The number of benzene rings is 1. The first kappa shape index (κ1) is 17.9. The zero-order chi connectivity index (χ0) is 16.7. The van der Waals surface area contributed by atoms with E-state index in [1.165, 1.54) is 4.90 Å². The molecule has 1 aliphatic heterocycles. The molecule has 0 saturated carbocycles. The van der Waals surface area contributed by atoms with E-state index in [0.29, 0.717) is 24.4 Å². The first-order chi connectivity index (χ1) is 11.1. The molecule has 0 aliphatic carbocycles. The maximum absolute atomic E-state index is 12.6. The number of carbonyl (C=O) groups excluding carboxylic acids is 1. The number of carbonyl (C=O) groups is 1. The van der Waals surface area contributed by atoms with Gasteiger partial charge in [-0.2, -0.15) is 0 Å². The maximum atomic E-state index is 12.6. The summed E-state index contributed by atoms with van der Waals surface area (Å²) in [5, 5.41) is 0.548. The fourth-order valence-corrected chi connectivity index (χ4v) is 3.56. The molecule has 1 aromatic rings. The number of nitrogens with zero attached hydrogens (tertiary/aromatic N) is 1. The van der Waals surface area contributed by atoms with Crippen LogP contribution < -0.4 is 0 Å². The molecule has 1 amide bonds. The van der Waals surface area contributed by atoms with Crippen LogP contribution in [0, 0.1) is 18.3 Å². The fourth-order valence-electron chi connectivity index (χ4n) is 2.72. The summed E-state index contributed by atoms with van der Waals surface area (Å²) >= 11 is 1.81. The molecule has 4 heteroatoms. The Morgan fingerprint density at radius 2 is 2.00 bits per heavy atom. The van der Waals surface area contributed by atoms with Crippen LogP contribution in [0.25, 0.3) is 0 Å². The number of rotatable bonds is 6. The second-order valence-corrected chi connectivity index (χ2v) is 7.80. The van der Waals surface area contributed by atoms with Crippen molar-refractivity contribution in [3.05, 3.63) is 29.8 Å². The number of ether oxygens (including phenoxy) is 1. The van der Waals surface area contributed by atoms with E-state index in [1.807, 2.05) is 40.9 Å². The second-order valence-electron chi connectivity index (χ2n) is 6.15.